The molecule has 0 spiro atoms. The summed E-state index contributed by atoms with van der Waals surface area (Å²) in [6.07, 6.45) is 3.62. The van der Waals surface area contributed by atoms with Gasteiger partial charge >= 0.3 is 0 Å². The van der Waals surface area contributed by atoms with Crippen molar-refractivity contribution in [2.45, 2.75) is 50.5 Å². The lowest BCUT2D eigenvalue weighted by atomic mass is 9.96. The van der Waals surface area contributed by atoms with Gasteiger partial charge in [0.2, 0.25) is 0 Å². The van der Waals surface area contributed by atoms with E-state index in [0.717, 1.165) is 18.7 Å². The van der Waals surface area contributed by atoms with Crippen LogP contribution in [0.5, 0.6) is 0 Å². The minimum Gasteiger partial charge on any atom is -0.394 e. The molecule has 1 aliphatic carbocycles. The minimum absolute atomic E-state index is 0.0853. The number of benzene rings is 1. The monoisotopic (exact) mass is 293 g/mol. The predicted octanol–water partition coefficient (Wildman–Crippen LogP) is 3.54. The van der Waals surface area contributed by atoms with Crippen molar-refractivity contribution < 1.29 is 5.11 Å². The Hall–Kier alpha value is -0.510. The first-order valence-corrected chi connectivity index (χ1v) is 8.66. The van der Waals surface area contributed by atoms with Crippen molar-refractivity contribution in [1.29, 1.82) is 0 Å². The molecule has 2 nitrogen and oxygen atoms in total. The van der Waals surface area contributed by atoms with Gasteiger partial charge in [0, 0.05) is 10.6 Å². The van der Waals surface area contributed by atoms with Gasteiger partial charge in [0.05, 0.1) is 12.1 Å². The zero-order valence-corrected chi connectivity index (χ0v) is 13.7. The van der Waals surface area contributed by atoms with Crippen LogP contribution in [0.4, 0.5) is 0 Å². The van der Waals surface area contributed by atoms with E-state index in [0.29, 0.717) is 5.92 Å². The van der Waals surface area contributed by atoms with Crippen LogP contribution in [-0.2, 0) is 0 Å². The number of nitrogens with one attached hydrogen (secondary N) is 1. The summed E-state index contributed by atoms with van der Waals surface area (Å²) in [6, 6.07) is 6.62. The lowest BCUT2D eigenvalue weighted by Crippen LogP contribution is -2.53. The van der Waals surface area contributed by atoms with Crippen LogP contribution in [0, 0.1) is 19.8 Å². The highest BCUT2D eigenvalue weighted by Gasteiger charge is 2.44. The molecular formula is C17H27NOS. The summed E-state index contributed by atoms with van der Waals surface area (Å²) in [4.78, 5) is 1.34. The average Bonchev–Trinajstić information content (AvgIpc) is 3.26. The van der Waals surface area contributed by atoms with Gasteiger partial charge in [0.25, 0.3) is 0 Å². The van der Waals surface area contributed by atoms with Gasteiger partial charge in [-0.15, -0.1) is 11.8 Å². The van der Waals surface area contributed by atoms with Crippen molar-refractivity contribution in [2.24, 2.45) is 5.92 Å². The molecule has 1 aromatic rings. The quantitative estimate of drug-likeness (QED) is 0.719. The smallest absolute Gasteiger partial charge is 0.0624 e. The highest BCUT2D eigenvalue weighted by atomic mass is 32.2. The van der Waals surface area contributed by atoms with E-state index in [4.69, 9.17) is 0 Å². The molecule has 0 saturated heterocycles. The molecule has 2 rings (SSSR count). The molecule has 0 heterocycles. The molecule has 20 heavy (non-hydrogen) atoms. The Morgan fingerprint density at radius 3 is 2.65 bits per heavy atom. The number of hydrogen-bond acceptors (Lipinski definition) is 3. The number of aliphatic hydroxyl groups excluding tert-OH is 1. The summed E-state index contributed by atoms with van der Waals surface area (Å²) in [7, 11) is 0. The molecule has 1 saturated carbocycles. The highest BCUT2D eigenvalue weighted by molar-refractivity contribution is 7.99. The number of aliphatic hydroxyl groups is 1. The standard InChI is InChI=1S/C17H27NOS/c1-4-9-18-17(11-19,15-6-7-15)12-20-16-8-5-13(2)10-14(16)3/h5,8,10,15,18-19H,4,6-7,9,11-12H2,1-3H3. The van der Waals surface area contributed by atoms with Gasteiger partial charge in [0.1, 0.15) is 0 Å². The third-order valence-electron chi connectivity index (χ3n) is 4.18. The molecule has 1 aromatic carbocycles. The SMILES string of the molecule is CCCNC(CO)(CSc1ccc(C)cc1C)C1CC1. The summed E-state index contributed by atoms with van der Waals surface area (Å²) in [5.74, 6) is 1.61. The van der Waals surface area contributed by atoms with Crippen molar-refractivity contribution in [3.8, 4) is 0 Å². The van der Waals surface area contributed by atoms with Gasteiger partial charge in [-0.05, 0) is 57.2 Å². The van der Waals surface area contributed by atoms with Crippen LogP contribution in [0.25, 0.3) is 0 Å². The van der Waals surface area contributed by atoms with Gasteiger partial charge in [-0.1, -0.05) is 24.6 Å². The Balaban J connectivity index is 2.04. The second-order valence-corrected chi connectivity index (χ2v) is 7.09. The summed E-state index contributed by atoms with van der Waals surface area (Å²) in [6.45, 7) is 7.72. The summed E-state index contributed by atoms with van der Waals surface area (Å²) < 4.78 is 0. The van der Waals surface area contributed by atoms with Crippen LogP contribution in [0.15, 0.2) is 23.1 Å². The molecule has 0 bridgehead atoms. The van der Waals surface area contributed by atoms with Crippen molar-refractivity contribution >= 4 is 11.8 Å². The summed E-state index contributed by atoms with van der Waals surface area (Å²) >= 11 is 1.88. The van der Waals surface area contributed by atoms with Crippen molar-refractivity contribution in [3.63, 3.8) is 0 Å². The summed E-state index contributed by atoms with van der Waals surface area (Å²) in [5, 5.41) is 13.6. The first kappa shape index (κ1) is 15.9. The van der Waals surface area contributed by atoms with E-state index < -0.39 is 0 Å². The van der Waals surface area contributed by atoms with E-state index in [1.165, 1.54) is 28.9 Å². The molecule has 1 atom stereocenters. The van der Waals surface area contributed by atoms with Crippen LogP contribution in [-0.4, -0.2) is 29.5 Å². The fourth-order valence-electron chi connectivity index (χ4n) is 2.72. The van der Waals surface area contributed by atoms with Crippen LogP contribution >= 0.6 is 11.8 Å². The number of rotatable bonds is 8. The Morgan fingerprint density at radius 2 is 2.10 bits per heavy atom. The Labute approximate surface area is 127 Å². The van der Waals surface area contributed by atoms with Crippen molar-refractivity contribution in [2.75, 3.05) is 18.9 Å². The summed E-state index contributed by atoms with van der Waals surface area (Å²) in [5.41, 5.74) is 2.57. The molecule has 0 radical (unpaired) electrons. The van der Waals surface area contributed by atoms with Gasteiger partial charge in [-0.2, -0.15) is 0 Å². The van der Waals surface area contributed by atoms with Crippen LogP contribution in [0.2, 0.25) is 0 Å². The van der Waals surface area contributed by atoms with Crippen molar-refractivity contribution in [1.82, 2.24) is 5.32 Å². The van der Waals surface area contributed by atoms with Crippen molar-refractivity contribution in [3.05, 3.63) is 29.3 Å². The second kappa shape index (κ2) is 6.97. The number of hydrogen-bond donors (Lipinski definition) is 2. The van der Waals surface area contributed by atoms with Gasteiger partial charge in [-0.25, -0.2) is 0 Å². The van der Waals surface area contributed by atoms with E-state index >= 15 is 0 Å². The molecule has 112 valence electrons. The van der Waals surface area contributed by atoms with E-state index in [1.54, 1.807) is 0 Å². The predicted molar refractivity (Wildman–Crippen MR) is 87.5 cm³/mol. The van der Waals surface area contributed by atoms with Gasteiger partial charge in [0.15, 0.2) is 0 Å². The molecule has 0 aliphatic heterocycles. The zero-order valence-electron chi connectivity index (χ0n) is 12.9. The molecule has 1 aliphatic rings. The Morgan fingerprint density at radius 1 is 1.35 bits per heavy atom. The van der Waals surface area contributed by atoms with E-state index in [2.05, 4.69) is 44.3 Å². The first-order valence-electron chi connectivity index (χ1n) is 7.67. The second-order valence-electron chi connectivity index (χ2n) is 6.07. The largest absolute Gasteiger partial charge is 0.394 e. The number of aryl methyl sites for hydroxylation is 2. The molecule has 2 N–H and O–H groups in total. The normalized spacial score (nSPS) is 18.0. The lowest BCUT2D eigenvalue weighted by Gasteiger charge is -2.33. The van der Waals surface area contributed by atoms with E-state index in [-0.39, 0.29) is 12.1 Å². The highest BCUT2D eigenvalue weighted by Crippen LogP contribution is 2.42. The molecule has 0 amide bonds. The van der Waals surface area contributed by atoms with Crippen LogP contribution in [0.1, 0.15) is 37.3 Å². The molecule has 0 aromatic heterocycles. The maximum absolute atomic E-state index is 9.93. The molecule has 1 fully saturated rings. The van der Waals surface area contributed by atoms with Crippen LogP contribution in [0.3, 0.4) is 0 Å². The Kier molecular flexibility index (Phi) is 5.53. The van der Waals surface area contributed by atoms with E-state index in [9.17, 15) is 5.11 Å². The topological polar surface area (TPSA) is 32.3 Å². The van der Waals surface area contributed by atoms with Crippen LogP contribution < -0.4 is 5.32 Å². The maximum atomic E-state index is 9.93. The third kappa shape index (κ3) is 3.78. The molecular weight excluding hydrogens is 266 g/mol. The fourth-order valence-corrected chi connectivity index (χ4v) is 4.01. The van der Waals surface area contributed by atoms with E-state index in [1.807, 2.05) is 11.8 Å². The lowest BCUT2D eigenvalue weighted by molar-refractivity contribution is 0.159. The van der Waals surface area contributed by atoms with Gasteiger partial charge in [-0.3, -0.25) is 0 Å². The molecule has 1 unspecified atom stereocenters. The zero-order chi connectivity index (χ0) is 14.6. The first-order chi connectivity index (χ1) is 9.61. The minimum atomic E-state index is -0.0853. The average molecular weight is 293 g/mol. The molecule has 3 heteroatoms. The van der Waals surface area contributed by atoms with Gasteiger partial charge < -0.3 is 10.4 Å². The number of thioether (sulfide) groups is 1. The fraction of sp³-hybridized carbons (Fsp3) is 0.647. The third-order valence-corrected chi connectivity index (χ3v) is 5.61. The maximum Gasteiger partial charge on any atom is 0.0624 e. The Bertz CT molecular complexity index is 445.